The third-order valence-corrected chi connectivity index (χ3v) is 4.01. The number of nitrogens with one attached hydrogen (secondary N) is 3. The van der Waals surface area contributed by atoms with Crippen molar-refractivity contribution in [1.29, 1.82) is 0 Å². The Kier molecular flexibility index (Phi) is 5.42. The van der Waals surface area contributed by atoms with Gasteiger partial charge in [0.1, 0.15) is 6.10 Å². The van der Waals surface area contributed by atoms with Gasteiger partial charge in [-0.15, -0.1) is 0 Å². The van der Waals surface area contributed by atoms with E-state index in [-0.39, 0.29) is 11.8 Å². The van der Waals surface area contributed by atoms with Crippen LogP contribution in [0.25, 0.3) is 0 Å². The summed E-state index contributed by atoms with van der Waals surface area (Å²) in [5, 5.41) is 8.85. The molecule has 3 N–H and O–H groups in total. The summed E-state index contributed by atoms with van der Waals surface area (Å²) in [6.07, 6.45) is -0.504. The highest BCUT2D eigenvalue weighted by atomic mass is 16.5. The number of hydrogen-bond acceptors (Lipinski definition) is 4. The molecule has 1 heterocycles. The van der Waals surface area contributed by atoms with E-state index in [0.29, 0.717) is 30.1 Å². The summed E-state index contributed by atoms with van der Waals surface area (Å²) in [7, 11) is 0. The highest BCUT2D eigenvalue weighted by Gasteiger charge is 2.22. The van der Waals surface area contributed by atoms with Crippen molar-refractivity contribution in [2.24, 2.45) is 0 Å². The molecule has 0 bridgehead atoms. The average Bonchev–Trinajstić information content (AvgIpc) is 2.66. The van der Waals surface area contributed by atoms with Gasteiger partial charge in [-0.2, -0.15) is 0 Å². The fourth-order valence-corrected chi connectivity index (χ4v) is 2.57. The standard InChI is InChI=1S/C19H21N3O3/c1-13-7-8-15(21-18(23)14-5-3-2-4-6-14)11-16(13)22-19(24)17-12-20-9-10-25-17/h2-8,11,17,20H,9-10,12H2,1H3,(H,21,23)(H,22,24). The molecule has 0 saturated carbocycles. The van der Waals surface area contributed by atoms with Crippen molar-refractivity contribution < 1.29 is 14.3 Å². The second kappa shape index (κ2) is 7.92. The SMILES string of the molecule is Cc1ccc(NC(=O)c2ccccc2)cc1NC(=O)C1CNCCO1. The first-order chi connectivity index (χ1) is 12.1. The highest BCUT2D eigenvalue weighted by Crippen LogP contribution is 2.21. The number of aryl methyl sites for hydroxylation is 1. The van der Waals surface area contributed by atoms with Gasteiger partial charge in [-0.05, 0) is 36.8 Å². The maximum absolute atomic E-state index is 12.3. The summed E-state index contributed by atoms with van der Waals surface area (Å²) in [5.41, 5.74) is 2.77. The Morgan fingerprint density at radius 3 is 2.64 bits per heavy atom. The number of hydrogen-bond donors (Lipinski definition) is 3. The molecule has 2 aromatic rings. The molecule has 1 fully saturated rings. The van der Waals surface area contributed by atoms with E-state index in [1.165, 1.54) is 0 Å². The minimum absolute atomic E-state index is 0.193. The van der Waals surface area contributed by atoms with Crippen LogP contribution in [0.4, 0.5) is 11.4 Å². The molecule has 6 nitrogen and oxygen atoms in total. The smallest absolute Gasteiger partial charge is 0.255 e. The number of rotatable bonds is 4. The molecule has 1 aliphatic rings. The lowest BCUT2D eigenvalue weighted by atomic mass is 10.1. The fraction of sp³-hybridized carbons (Fsp3) is 0.263. The number of amides is 2. The summed E-state index contributed by atoms with van der Waals surface area (Å²) in [6, 6.07) is 14.4. The van der Waals surface area contributed by atoms with Crippen LogP contribution in [-0.2, 0) is 9.53 Å². The summed E-state index contributed by atoms with van der Waals surface area (Å²) in [4.78, 5) is 24.6. The van der Waals surface area contributed by atoms with Gasteiger partial charge in [0.2, 0.25) is 0 Å². The van der Waals surface area contributed by atoms with E-state index in [1.807, 2.05) is 37.3 Å². The predicted octanol–water partition coefficient (Wildman–Crippen LogP) is 2.17. The molecule has 0 aliphatic carbocycles. The van der Waals surface area contributed by atoms with Crippen molar-refractivity contribution in [3.8, 4) is 0 Å². The topological polar surface area (TPSA) is 79.5 Å². The zero-order chi connectivity index (χ0) is 17.6. The average molecular weight is 339 g/mol. The molecule has 25 heavy (non-hydrogen) atoms. The van der Waals surface area contributed by atoms with Crippen LogP contribution in [0.2, 0.25) is 0 Å². The van der Waals surface area contributed by atoms with Crippen molar-refractivity contribution in [2.75, 3.05) is 30.3 Å². The molecule has 0 aromatic heterocycles. The van der Waals surface area contributed by atoms with Crippen molar-refractivity contribution in [3.05, 3.63) is 59.7 Å². The number of anilines is 2. The van der Waals surface area contributed by atoms with E-state index in [0.717, 1.165) is 12.1 Å². The second-order valence-electron chi connectivity index (χ2n) is 5.90. The third kappa shape index (κ3) is 4.43. The Labute approximate surface area is 146 Å². The van der Waals surface area contributed by atoms with Gasteiger partial charge >= 0.3 is 0 Å². The molecule has 3 rings (SSSR count). The van der Waals surface area contributed by atoms with Crippen LogP contribution < -0.4 is 16.0 Å². The molecule has 130 valence electrons. The zero-order valence-electron chi connectivity index (χ0n) is 14.0. The number of ether oxygens (including phenoxy) is 1. The Morgan fingerprint density at radius 1 is 1.12 bits per heavy atom. The van der Waals surface area contributed by atoms with Gasteiger partial charge in [0.15, 0.2) is 0 Å². The largest absolute Gasteiger partial charge is 0.366 e. The summed E-state index contributed by atoms with van der Waals surface area (Å²) < 4.78 is 5.46. The maximum Gasteiger partial charge on any atom is 0.255 e. The van der Waals surface area contributed by atoms with Gasteiger partial charge < -0.3 is 20.7 Å². The van der Waals surface area contributed by atoms with E-state index >= 15 is 0 Å². The molecule has 0 radical (unpaired) electrons. The van der Waals surface area contributed by atoms with Crippen molar-refractivity contribution in [1.82, 2.24) is 5.32 Å². The first-order valence-electron chi connectivity index (χ1n) is 8.24. The lowest BCUT2D eigenvalue weighted by molar-refractivity contribution is -0.128. The molecule has 1 saturated heterocycles. The molecule has 0 spiro atoms. The van der Waals surface area contributed by atoms with Crippen molar-refractivity contribution in [3.63, 3.8) is 0 Å². The quantitative estimate of drug-likeness (QED) is 0.798. The van der Waals surface area contributed by atoms with Crippen LogP contribution in [0.5, 0.6) is 0 Å². The van der Waals surface area contributed by atoms with Crippen LogP contribution in [-0.4, -0.2) is 37.6 Å². The fourth-order valence-electron chi connectivity index (χ4n) is 2.57. The van der Waals surface area contributed by atoms with Gasteiger partial charge in [0, 0.05) is 30.0 Å². The predicted molar refractivity (Wildman–Crippen MR) is 96.8 cm³/mol. The van der Waals surface area contributed by atoms with E-state index in [1.54, 1.807) is 18.2 Å². The molecule has 2 aromatic carbocycles. The normalized spacial score (nSPS) is 16.9. The Bertz CT molecular complexity index is 756. The number of morpholine rings is 1. The maximum atomic E-state index is 12.3. The van der Waals surface area contributed by atoms with Crippen LogP contribution in [0, 0.1) is 6.92 Å². The van der Waals surface area contributed by atoms with Crippen LogP contribution in [0.15, 0.2) is 48.5 Å². The van der Waals surface area contributed by atoms with Crippen LogP contribution >= 0.6 is 0 Å². The van der Waals surface area contributed by atoms with Gasteiger partial charge in [-0.1, -0.05) is 24.3 Å². The molecular weight excluding hydrogens is 318 g/mol. The molecular formula is C19H21N3O3. The Hall–Kier alpha value is -2.70. The molecule has 6 heteroatoms. The minimum atomic E-state index is -0.504. The van der Waals surface area contributed by atoms with E-state index in [2.05, 4.69) is 16.0 Å². The van der Waals surface area contributed by atoms with E-state index in [4.69, 9.17) is 4.74 Å². The lowest BCUT2D eigenvalue weighted by Crippen LogP contribution is -2.45. The first-order valence-corrected chi connectivity index (χ1v) is 8.24. The molecule has 2 amide bonds. The molecule has 1 atom stereocenters. The monoisotopic (exact) mass is 339 g/mol. The highest BCUT2D eigenvalue weighted by molar-refractivity contribution is 6.04. The van der Waals surface area contributed by atoms with Crippen molar-refractivity contribution >= 4 is 23.2 Å². The minimum Gasteiger partial charge on any atom is -0.366 e. The van der Waals surface area contributed by atoms with Gasteiger partial charge in [0.25, 0.3) is 11.8 Å². The second-order valence-corrected chi connectivity index (χ2v) is 5.90. The van der Waals surface area contributed by atoms with Gasteiger partial charge in [-0.25, -0.2) is 0 Å². The van der Waals surface area contributed by atoms with Crippen molar-refractivity contribution in [2.45, 2.75) is 13.0 Å². The summed E-state index contributed by atoms with van der Waals surface area (Å²) in [6.45, 7) is 3.67. The number of carbonyl (C=O) groups excluding carboxylic acids is 2. The zero-order valence-corrected chi connectivity index (χ0v) is 14.0. The lowest BCUT2D eigenvalue weighted by Gasteiger charge is -2.23. The Morgan fingerprint density at radius 2 is 1.92 bits per heavy atom. The van der Waals surface area contributed by atoms with Gasteiger partial charge in [-0.3, -0.25) is 9.59 Å². The first kappa shape index (κ1) is 17.1. The molecule has 1 unspecified atom stereocenters. The summed E-state index contributed by atoms with van der Waals surface area (Å²) >= 11 is 0. The summed E-state index contributed by atoms with van der Waals surface area (Å²) in [5.74, 6) is -0.386. The molecule has 1 aliphatic heterocycles. The van der Waals surface area contributed by atoms with Crippen LogP contribution in [0.3, 0.4) is 0 Å². The van der Waals surface area contributed by atoms with E-state index in [9.17, 15) is 9.59 Å². The Balaban J connectivity index is 1.69. The third-order valence-electron chi connectivity index (χ3n) is 4.01. The number of benzene rings is 2. The van der Waals surface area contributed by atoms with Crippen LogP contribution in [0.1, 0.15) is 15.9 Å². The van der Waals surface area contributed by atoms with E-state index < -0.39 is 6.10 Å². The van der Waals surface area contributed by atoms with Gasteiger partial charge in [0.05, 0.1) is 6.61 Å². The number of carbonyl (C=O) groups is 2.